The molecular formula is C14H28N2O2. The predicted octanol–water partition coefficient (Wildman–Crippen LogP) is 1.83. The number of amides is 1. The monoisotopic (exact) mass is 256 g/mol. The molecule has 4 heteroatoms. The Labute approximate surface area is 111 Å². The quantitative estimate of drug-likeness (QED) is 0.730. The van der Waals surface area contributed by atoms with Crippen molar-refractivity contribution >= 4 is 5.91 Å². The number of nitrogens with two attached hydrogens (primary N) is 1. The second kappa shape index (κ2) is 8.48. The molecule has 3 atom stereocenters. The summed E-state index contributed by atoms with van der Waals surface area (Å²) in [4.78, 5) is 11.8. The van der Waals surface area contributed by atoms with E-state index >= 15 is 0 Å². The molecule has 0 saturated heterocycles. The van der Waals surface area contributed by atoms with Crippen LogP contribution in [0.2, 0.25) is 0 Å². The van der Waals surface area contributed by atoms with Gasteiger partial charge in [0.25, 0.3) is 0 Å². The number of carbonyl (C=O) groups excluding carboxylic acids is 1. The molecule has 0 aromatic heterocycles. The van der Waals surface area contributed by atoms with Crippen molar-refractivity contribution in [1.29, 1.82) is 0 Å². The van der Waals surface area contributed by atoms with Crippen LogP contribution in [0.1, 0.15) is 51.9 Å². The van der Waals surface area contributed by atoms with Gasteiger partial charge in [-0.05, 0) is 31.6 Å². The molecule has 1 rings (SSSR count). The SMILES string of the molecule is CCC(COC)NC(=O)CCC1CCCC(N)C1. The Bertz CT molecular complexity index is 246. The van der Waals surface area contributed by atoms with Crippen molar-refractivity contribution in [2.75, 3.05) is 13.7 Å². The number of nitrogens with one attached hydrogen (secondary N) is 1. The van der Waals surface area contributed by atoms with Gasteiger partial charge in [-0.25, -0.2) is 0 Å². The van der Waals surface area contributed by atoms with Gasteiger partial charge in [0.2, 0.25) is 5.91 Å². The van der Waals surface area contributed by atoms with Gasteiger partial charge in [0, 0.05) is 19.6 Å². The fourth-order valence-corrected chi connectivity index (χ4v) is 2.69. The molecule has 1 aliphatic carbocycles. The maximum absolute atomic E-state index is 11.8. The lowest BCUT2D eigenvalue weighted by atomic mass is 9.83. The van der Waals surface area contributed by atoms with E-state index in [0.717, 1.165) is 25.7 Å². The summed E-state index contributed by atoms with van der Waals surface area (Å²) in [6, 6.07) is 0.500. The van der Waals surface area contributed by atoms with E-state index < -0.39 is 0 Å². The summed E-state index contributed by atoms with van der Waals surface area (Å²) in [5, 5.41) is 3.02. The Morgan fingerprint density at radius 3 is 2.89 bits per heavy atom. The van der Waals surface area contributed by atoms with Crippen LogP contribution in [0, 0.1) is 5.92 Å². The zero-order valence-corrected chi connectivity index (χ0v) is 11.8. The van der Waals surface area contributed by atoms with Crippen LogP contribution in [0.5, 0.6) is 0 Å². The Morgan fingerprint density at radius 2 is 2.28 bits per heavy atom. The van der Waals surface area contributed by atoms with E-state index in [1.54, 1.807) is 7.11 Å². The lowest BCUT2D eigenvalue weighted by Crippen LogP contribution is -2.37. The third kappa shape index (κ3) is 5.83. The molecule has 3 N–H and O–H groups in total. The van der Waals surface area contributed by atoms with E-state index in [0.29, 0.717) is 25.0 Å². The summed E-state index contributed by atoms with van der Waals surface area (Å²) in [6.45, 7) is 2.65. The lowest BCUT2D eigenvalue weighted by molar-refractivity contribution is -0.122. The highest BCUT2D eigenvalue weighted by Crippen LogP contribution is 2.26. The Kier molecular flexibility index (Phi) is 7.28. The summed E-state index contributed by atoms with van der Waals surface area (Å²) in [5.41, 5.74) is 5.96. The maximum atomic E-state index is 11.8. The van der Waals surface area contributed by atoms with Crippen molar-refractivity contribution < 1.29 is 9.53 Å². The second-order valence-electron chi connectivity index (χ2n) is 5.46. The zero-order valence-electron chi connectivity index (χ0n) is 11.8. The molecule has 0 heterocycles. The van der Waals surface area contributed by atoms with E-state index in [1.807, 2.05) is 0 Å². The normalized spacial score (nSPS) is 25.7. The molecule has 4 nitrogen and oxygen atoms in total. The summed E-state index contributed by atoms with van der Waals surface area (Å²) in [7, 11) is 1.66. The van der Waals surface area contributed by atoms with Crippen LogP contribution in [-0.2, 0) is 9.53 Å². The van der Waals surface area contributed by atoms with Crippen LogP contribution in [0.3, 0.4) is 0 Å². The van der Waals surface area contributed by atoms with Crippen LogP contribution < -0.4 is 11.1 Å². The number of hydrogen-bond acceptors (Lipinski definition) is 3. The first-order valence-electron chi connectivity index (χ1n) is 7.19. The minimum absolute atomic E-state index is 0.149. The number of methoxy groups -OCH3 is 1. The van der Waals surface area contributed by atoms with Crippen molar-refractivity contribution in [3.63, 3.8) is 0 Å². The smallest absolute Gasteiger partial charge is 0.220 e. The number of carbonyl (C=O) groups is 1. The standard InChI is InChI=1S/C14H28N2O2/c1-3-13(10-18-2)16-14(17)8-7-11-5-4-6-12(15)9-11/h11-13H,3-10,15H2,1-2H3,(H,16,17). The van der Waals surface area contributed by atoms with Crippen molar-refractivity contribution in [2.45, 2.75) is 64.0 Å². The molecule has 106 valence electrons. The average molecular weight is 256 g/mol. The minimum atomic E-state index is 0.149. The molecule has 18 heavy (non-hydrogen) atoms. The first-order valence-corrected chi connectivity index (χ1v) is 7.19. The molecule has 0 radical (unpaired) electrons. The first-order chi connectivity index (χ1) is 8.65. The third-order valence-electron chi connectivity index (χ3n) is 3.83. The molecule has 0 bridgehead atoms. The van der Waals surface area contributed by atoms with Crippen molar-refractivity contribution in [3.8, 4) is 0 Å². The molecule has 0 spiro atoms. The summed E-state index contributed by atoms with van der Waals surface area (Å²) >= 11 is 0. The van der Waals surface area contributed by atoms with Crippen molar-refractivity contribution in [3.05, 3.63) is 0 Å². The minimum Gasteiger partial charge on any atom is -0.383 e. The number of hydrogen-bond donors (Lipinski definition) is 2. The van der Waals surface area contributed by atoms with Crippen LogP contribution in [0.4, 0.5) is 0 Å². The number of rotatable bonds is 7. The predicted molar refractivity (Wildman–Crippen MR) is 73.3 cm³/mol. The Hall–Kier alpha value is -0.610. The van der Waals surface area contributed by atoms with Gasteiger partial charge in [-0.3, -0.25) is 4.79 Å². The zero-order chi connectivity index (χ0) is 13.4. The molecule has 1 aliphatic rings. The van der Waals surface area contributed by atoms with Crippen LogP contribution in [0.15, 0.2) is 0 Å². The average Bonchev–Trinajstić information content (AvgIpc) is 2.36. The molecule has 0 aromatic rings. The van der Waals surface area contributed by atoms with Gasteiger partial charge in [0.05, 0.1) is 12.6 Å². The molecule has 1 fully saturated rings. The van der Waals surface area contributed by atoms with Gasteiger partial charge in [-0.2, -0.15) is 0 Å². The molecule has 1 amide bonds. The highest BCUT2D eigenvalue weighted by molar-refractivity contribution is 5.76. The second-order valence-corrected chi connectivity index (χ2v) is 5.46. The van der Waals surface area contributed by atoms with Gasteiger partial charge in [0.15, 0.2) is 0 Å². The van der Waals surface area contributed by atoms with Gasteiger partial charge >= 0.3 is 0 Å². The van der Waals surface area contributed by atoms with Crippen molar-refractivity contribution in [1.82, 2.24) is 5.32 Å². The van der Waals surface area contributed by atoms with Crippen LogP contribution >= 0.6 is 0 Å². The molecule has 3 unspecified atom stereocenters. The van der Waals surface area contributed by atoms with Crippen LogP contribution in [-0.4, -0.2) is 31.7 Å². The van der Waals surface area contributed by atoms with E-state index in [4.69, 9.17) is 10.5 Å². The van der Waals surface area contributed by atoms with E-state index in [9.17, 15) is 4.79 Å². The molecular weight excluding hydrogens is 228 g/mol. The van der Waals surface area contributed by atoms with Gasteiger partial charge in [0.1, 0.15) is 0 Å². The van der Waals surface area contributed by atoms with Gasteiger partial charge in [-0.15, -0.1) is 0 Å². The first kappa shape index (κ1) is 15.4. The molecule has 0 aromatic carbocycles. The van der Waals surface area contributed by atoms with Crippen molar-refractivity contribution in [2.24, 2.45) is 11.7 Å². The van der Waals surface area contributed by atoms with E-state index in [-0.39, 0.29) is 11.9 Å². The molecule has 1 saturated carbocycles. The third-order valence-corrected chi connectivity index (χ3v) is 3.83. The fraction of sp³-hybridized carbons (Fsp3) is 0.929. The summed E-state index contributed by atoms with van der Waals surface area (Å²) in [5.74, 6) is 0.792. The van der Waals surface area contributed by atoms with E-state index in [2.05, 4.69) is 12.2 Å². The fourth-order valence-electron chi connectivity index (χ4n) is 2.69. The highest BCUT2D eigenvalue weighted by atomic mass is 16.5. The van der Waals surface area contributed by atoms with Crippen LogP contribution in [0.25, 0.3) is 0 Å². The maximum Gasteiger partial charge on any atom is 0.220 e. The molecule has 0 aliphatic heterocycles. The van der Waals surface area contributed by atoms with Gasteiger partial charge < -0.3 is 15.8 Å². The largest absolute Gasteiger partial charge is 0.383 e. The summed E-state index contributed by atoms with van der Waals surface area (Å²) in [6.07, 6.45) is 7.19. The summed E-state index contributed by atoms with van der Waals surface area (Å²) < 4.78 is 5.07. The number of ether oxygens (including phenoxy) is 1. The van der Waals surface area contributed by atoms with E-state index in [1.165, 1.54) is 12.8 Å². The lowest BCUT2D eigenvalue weighted by Gasteiger charge is -2.26. The van der Waals surface area contributed by atoms with Gasteiger partial charge in [-0.1, -0.05) is 19.8 Å². The highest BCUT2D eigenvalue weighted by Gasteiger charge is 2.20. The topological polar surface area (TPSA) is 64.3 Å². The Morgan fingerprint density at radius 1 is 1.50 bits per heavy atom. The Balaban J connectivity index is 2.19.